The number of benzene rings is 1. The van der Waals surface area contributed by atoms with Crippen LogP contribution >= 0.6 is 35.8 Å². The Balaban J connectivity index is 0.00000242. The van der Waals surface area contributed by atoms with Crippen LogP contribution in [0.1, 0.15) is 31.2 Å². The number of rotatable bonds is 6. The molecular formula is C16H25Cl2N3S. The summed E-state index contributed by atoms with van der Waals surface area (Å²) in [4.78, 5) is 6.97. The predicted molar refractivity (Wildman–Crippen MR) is 101 cm³/mol. The number of halogens is 2. The summed E-state index contributed by atoms with van der Waals surface area (Å²) in [5, 5.41) is 1.44. The Bertz CT molecular complexity index is 445. The lowest BCUT2D eigenvalue weighted by atomic mass is 10.1. The van der Waals surface area contributed by atoms with Crippen LogP contribution in [0.5, 0.6) is 0 Å². The molecule has 0 atom stereocenters. The van der Waals surface area contributed by atoms with Crippen molar-refractivity contribution in [3.63, 3.8) is 0 Å². The highest BCUT2D eigenvalue weighted by molar-refractivity contribution is 8.13. The SMILES string of the molecule is Cl.NC(=NCc1ccc(Cl)cc1)SCCCN1CCCCC1. The third-order valence-corrected chi connectivity index (χ3v) is 4.82. The van der Waals surface area contributed by atoms with Crippen molar-refractivity contribution < 1.29 is 0 Å². The Morgan fingerprint density at radius 1 is 1.18 bits per heavy atom. The van der Waals surface area contributed by atoms with E-state index >= 15 is 0 Å². The molecule has 0 unspecified atom stereocenters. The predicted octanol–water partition coefficient (Wildman–Crippen LogP) is 4.19. The van der Waals surface area contributed by atoms with Gasteiger partial charge in [-0.3, -0.25) is 4.99 Å². The first kappa shape index (κ1) is 19.6. The van der Waals surface area contributed by atoms with Crippen LogP contribution in [0.3, 0.4) is 0 Å². The lowest BCUT2D eigenvalue weighted by Crippen LogP contribution is -2.30. The van der Waals surface area contributed by atoms with E-state index in [2.05, 4.69) is 9.89 Å². The van der Waals surface area contributed by atoms with Crippen molar-refractivity contribution in [2.24, 2.45) is 10.7 Å². The number of nitrogens with zero attached hydrogens (tertiary/aromatic N) is 2. The van der Waals surface area contributed by atoms with E-state index in [4.69, 9.17) is 17.3 Å². The first-order valence-electron chi connectivity index (χ1n) is 7.63. The van der Waals surface area contributed by atoms with E-state index in [1.807, 2.05) is 24.3 Å². The van der Waals surface area contributed by atoms with Gasteiger partial charge in [0.2, 0.25) is 0 Å². The number of likely N-dealkylation sites (tertiary alicyclic amines) is 1. The summed E-state index contributed by atoms with van der Waals surface area (Å²) >= 11 is 7.52. The molecule has 0 amide bonds. The largest absolute Gasteiger partial charge is 0.379 e. The maximum Gasteiger partial charge on any atom is 0.154 e. The Morgan fingerprint density at radius 3 is 2.55 bits per heavy atom. The Morgan fingerprint density at radius 2 is 1.86 bits per heavy atom. The number of thioether (sulfide) groups is 1. The average Bonchev–Trinajstić information content (AvgIpc) is 2.52. The molecule has 0 aliphatic carbocycles. The van der Waals surface area contributed by atoms with E-state index in [0.29, 0.717) is 11.7 Å². The van der Waals surface area contributed by atoms with Crippen LogP contribution in [-0.2, 0) is 6.54 Å². The van der Waals surface area contributed by atoms with Gasteiger partial charge in [0.05, 0.1) is 6.54 Å². The van der Waals surface area contributed by atoms with Crippen molar-refractivity contribution in [1.82, 2.24) is 4.90 Å². The molecule has 6 heteroatoms. The van der Waals surface area contributed by atoms with Crippen molar-refractivity contribution in [1.29, 1.82) is 0 Å². The van der Waals surface area contributed by atoms with Crippen LogP contribution < -0.4 is 5.73 Å². The Labute approximate surface area is 149 Å². The second-order valence-corrected chi connectivity index (χ2v) is 6.94. The van der Waals surface area contributed by atoms with Gasteiger partial charge in [0.15, 0.2) is 5.17 Å². The summed E-state index contributed by atoms with van der Waals surface area (Å²) in [5.74, 6) is 1.05. The maximum absolute atomic E-state index is 5.94. The van der Waals surface area contributed by atoms with Crippen LogP contribution in [0.2, 0.25) is 5.02 Å². The molecule has 1 fully saturated rings. The van der Waals surface area contributed by atoms with Gasteiger partial charge in [0.25, 0.3) is 0 Å². The lowest BCUT2D eigenvalue weighted by molar-refractivity contribution is 0.230. The fourth-order valence-electron chi connectivity index (χ4n) is 2.45. The van der Waals surface area contributed by atoms with Gasteiger partial charge in [-0.15, -0.1) is 12.4 Å². The van der Waals surface area contributed by atoms with E-state index in [-0.39, 0.29) is 12.4 Å². The van der Waals surface area contributed by atoms with E-state index in [0.717, 1.165) is 16.3 Å². The van der Waals surface area contributed by atoms with Crippen LogP contribution in [0, 0.1) is 0 Å². The highest BCUT2D eigenvalue weighted by Gasteiger charge is 2.08. The van der Waals surface area contributed by atoms with Crippen molar-refractivity contribution in [3.8, 4) is 0 Å². The molecular weight excluding hydrogens is 337 g/mol. The third kappa shape index (κ3) is 7.73. The summed E-state index contributed by atoms with van der Waals surface area (Å²) in [6.45, 7) is 4.36. The molecule has 1 aliphatic rings. The molecule has 1 aliphatic heterocycles. The van der Waals surface area contributed by atoms with Crippen molar-refractivity contribution in [2.45, 2.75) is 32.2 Å². The molecule has 0 saturated carbocycles. The molecule has 0 aromatic heterocycles. The minimum atomic E-state index is 0. The molecule has 0 spiro atoms. The highest BCUT2D eigenvalue weighted by Crippen LogP contribution is 2.12. The van der Waals surface area contributed by atoms with Crippen LogP contribution in [0.4, 0.5) is 0 Å². The first-order valence-corrected chi connectivity index (χ1v) is 9.00. The van der Waals surface area contributed by atoms with Crippen molar-refractivity contribution in [2.75, 3.05) is 25.4 Å². The van der Waals surface area contributed by atoms with Crippen LogP contribution in [-0.4, -0.2) is 35.5 Å². The minimum Gasteiger partial charge on any atom is -0.379 e. The van der Waals surface area contributed by atoms with E-state index in [1.165, 1.54) is 45.3 Å². The molecule has 22 heavy (non-hydrogen) atoms. The van der Waals surface area contributed by atoms with Gasteiger partial charge < -0.3 is 10.6 Å². The van der Waals surface area contributed by atoms with Crippen molar-refractivity contribution >= 4 is 40.9 Å². The topological polar surface area (TPSA) is 41.6 Å². The zero-order valence-electron chi connectivity index (χ0n) is 12.8. The summed E-state index contributed by atoms with van der Waals surface area (Å²) in [7, 11) is 0. The van der Waals surface area contributed by atoms with Crippen molar-refractivity contribution in [3.05, 3.63) is 34.9 Å². The highest BCUT2D eigenvalue weighted by atomic mass is 35.5. The number of amidine groups is 1. The van der Waals surface area contributed by atoms with Gasteiger partial charge in [0.1, 0.15) is 0 Å². The average molecular weight is 362 g/mol. The monoisotopic (exact) mass is 361 g/mol. The zero-order valence-corrected chi connectivity index (χ0v) is 15.2. The number of hydrogen-bond acceptors (Lipinski definition) is 3. The third-order valence-electron chi connectivity index (χ3n) is 3.65. The number of aliphatic imine (C=N–C) groups is 1. The summed E-state index contributed by atoms with van der Waals surface area (Å²) in [5.41, 5.74) is 7.08. The van der Waals surface area contributed by atoms with E-state index < -0.39 is 0 Å². The zero-order chi connectivity index (χ0) is 14.9. The molecule has 124 valence electrons. The summed E-state index contributed by atoms with van der Waals surface area (Å²) in [6.07, 6.45) is 5.30. The molecule has 1 aromatic rings. The summed E-state index contributed by atoms with van der Waals surface area (Å²) < 4.78 is 0. The van der Waals surface area contributed by atoms with Crippen LogP contribution in [0.15, 0.2) is 29.3 Å². The van der Waals surface area contributed by atoms with Gasteiger partial charge in [-0.2, -0.15) is 0 Å². The normalized spacial score (nSPS) is 16.3. The fourth-order valence-corrected chi connectivity index (χ4v) is 3.22. The quantitative estimate of drug-likeness (QED) is 0.469. The Hall–Kier alpha value is -0.420. The number of nitrogens with two attached hydrogens (primary N) is 1. The molecule has 0 radical (unpaired) electrons. The Kier molecular flexibility index (Phi) is 9.96. The van der Waals surface area contributed by atoms with E-state index in [9.17, 15) is 0 Å². The van der Waals surface area contributed by atoms with Crippen LogP contribution in [0.25, 0.3) is 0 Å². The fraction of sp³-hybridized carbons (Fsp3) is 0.562. The molecule has 1 saturated heterocycles. The second-order valence-electron chi connectivity index (χ2n) is 5.39. The molecule has 0 bridgehead atoms. The summed E-state index contributed by atoms with van der Waals surface area (Å²) in [6, 6.07) is 7.74. The molecule has 1 aromatic carbocycles. The van der Waals surface area contributed by atoms with Gasteiger partial charge >= 0.3 is 0 Å². The lowest BCUT2D eigenvalue weighted by Gasteiger charge is -2.26. The van der Waals surface area contributed by atoms with Gasteiger partial charge in [0, 0.05) is 10.8 Å². The van der Waals surface area contributed by atoms with Gasteiger partial charge in [-0.25, -0.2) is 0 Å². The standard InChI is InChI=1S/C16H24ClN3S.ClH/c17-15-7-5-14(6-8-15)13-19-16(18)21-12-4-11-20-9-2-1-3-10-20;/h5-8H,1-4,9-13H2,(H2,18,19);1H. The molecule has 2 rings (SSSR count). The molecule has 2 N–H and O–H groups in total. The maximum atomic E-state index is 5.94. The van der Waals surface area contributed by atoms with Gasteiger partial charge in [-0.1, -0.05) is 41.9 Å². The van der Waals surface area contributed by atoms with E-state index in [1.54, 1.807) is 11.8 Å². The minimum absolute atomic E-state index is 0. The number of piperidine rings is 1. The smallest absolute Gasteiger partial charge is 0.154 e. The molecule has 1 heterocycles. The van der Waals surface area contributed by atoms with Gasteiger partial charge in [-0.05, 0) is 56.6 Å². The number of hydrogen-bond donors (Lipinski definition) is 1. The second kappa shape index (κ2) is 11.2. The first-order chi connectivity index (χ1) is 10.2. The molecule has 3 nitrogen and oxygen atoms in total.